The van der Waals surface area contributed by atoms with E-state index in [1.807, 2.05) is 14.1 Å². The molecule has 0 saturated heterocycles. The zero-order valence-electron chi connectivity index (χ0n) is 8.74. The third-order valence-electron chi connectivity index (χ3n) is 1.61. The van der Waals surface area contributed by atoms with E-state index < -0.39 is 0 Å². The fourth-order valence-corrected chi connectivity index (χ4v) is 1.05. The number of nitrogens with one attached hydrogen (secondary N) is 1. The van der Waals surface area contributed by atoms with Gasteiger partial charge in [-0.3, -0.25) is 0 Å². The molecule has 6 nitrogen and oxygen atoms in total. The van der Waals surface area contributed by atoms with E-state index in [4.69, 9.17) is 16.7 Å². The van der Waals surface area contributed by atoms with Crippen molar-refractivity contribution >= 4 is 23.5 Å². The van der Waals surface area contributed by atoms with Crippen LogP contribution in [0.3, 0.4) is 0 Å². The Kier molecular flexibility index (Phi) is 4.51. The van der Waals surface area contributed by atoms with Gasteiger partial charge in [0.15, 0.2) is 0 Å². The lowest BCUT2D eigenvalue weighted by molar-refractivity contribution is 0.292. The average Bonchev–Trinajstić information content (AvgIpc) is 2.17. The van der Waals surface area contributed by atoms with E-state index in [1.165, 1.54) is 0 Å². The number of aliphatic hydroxyl groups excluding tert-OH is 1. The molecule has 1 aromatic heterocycles. The average molecular weight is 232 g/mol. The number of hydrogen-bond acceptors (Lipinski definition) is 6. The van der Waals surface area contributed by atoms with Crippen molar-refractivity contribution in [3.05, 3.63) is 5.28 Å². The minimum atomic E-state index is 0.131. The second-order valence-electron chi connectivity index (χ2n) is 3.13. The van der Waals surface area contributed by atoms with Gasteiger partial charge in [-0.15, -0.1) is 0 Å². The first kappa shape index (κ1) is 11.9. The van der Waals surface area contributed by atoms with Gasteiger partial charge in [-0.25, -0.2) is 0 Å². The lowest BCUT2D eigenvalue weighted by Crippen LogP contribution is -2.15. The van der Waals surface area contributed by atoms with Gasteiger partial charge in [0.05, 0.1) is 0 Å². The number of rotatable bonds is 5. The van der Waals surface area contributed by atoms with E-state index in [9.17, 15) is 0 Å². The van der Waals surface area contributed by atoms with Crippen molar-refractivity contribution in [3.63, 3.8) is 0 Å². The van der Waals surface area contributed by atoms with Gasteiger partial charge in [0.2, 0.25) is 17.2 Å². The molecule has 0 spiro atoms. The van der Waals surface area contributed by atoms with E-state index >= 15 is 0 Å². The number of anilines is 2. The van der Waals surface area contributed by atoms with Crippen LogP contribution in [0.4, 0.5) is 11.9 Å². The summed E-state index contributed by atoms with van der Waals surface area (Å²) in [4.78, 5) is 13.7. The van der Waals surface area contributed by atoms with E-state index in [0.717, 1.165) is 0 Å². The molecule has 15 heavy (non-hydrogen) atoms. The first-order valence-electron chi connectivity index (χ1n) is 4.57. The minimum Gasteiger partial charge on any atom is -0.396 e. The predicted molar refractivity (Wildman–Crippen MR) is 59.4 cm³/mol. The predicted octanol–water partition coefficient (Wildman–Crippen LogP) is 0.385. The van der Waals surface area contributed by atoms with Crippen LogP contribution in [0.25, 0.3) is 0 Å². The fourth-order valence-electron chi connectivity index (χ4n) is 0.898. The number of aliphatic hydroxyl groups is 1. The maximum Gasteiger partial charge on any atom is 0.230 e. The molecule has 0 aliphatic heterocycles. The van der Waals surface area contributed by atoms with Crippen molar-refractivity contribution < 1.29 is 5.11 Å². The van der Waals surface area contributed by atoms with Crippen LogP contribution in [0.15, 0.2) is 0 Å². The molecule has 0 saturated carbocycles. The molecular weight excluding hydrogens is 218 g/mol. The van der Waals surface area contributed by atoms with E-state index in [1.54, 1.807) is 4.90 Å². The molecule has 1 heterocycles. The molecule has 0 unspecified atom stereocenters. The van der Waals surface area contributed by atoms with Crippen LogP contribution in [0.5, 0.6) is 0 Å². The Labute approximate surface area is 93.3 Å². The van der Waals surface area contributed by atoms with Crippen molar-refractivity contribution in [1.82, 2.24) is 15.0 Å². The Morgan fingerprint density at radius 3 is 2.67 bits per heavy atom. The maximum atomic E-state index is 8.61. The summed E-state index contributed by atoms with van der Waals surface area (Å²) in [7, 11) is 3.65. The summed E-state index contributed by atoms with van der Waals surface area (Å²) in [5.41, 5.74) is 0. The highest BCUT2D eigenvalue weighted by molar-refractivity contribution is 6.28. The summed E-state index contributed by atoms with van der Waals surface area (Å²) in [5.74, 6) is 0.925. The van der Waals surface area contributed by atoms with Crippen molar-refractivity contribution in [2.75, 3.05) is 37.5 Å². The highest BCUT2D eigenvalue weighted by Crippen LogP contribution is 2.11. The Morgan fingerprint density at radius 1 is 1.33 bits per heavy atom. The SMILES string of the molecule is CN(C)c1nc(Cl)nc(NCCCO)n1. The van der Waals surface area contributed by atoms with Crippen LogP contribution >= 0.6 is 11.6 Å². The van der Waals surface area contributed by atoms with Crippen molar-refractivity contribution in [2.45, 2.75) is 6.42 Å². The van der Waals surface area contributed by atoms with Gasteiger partial charge in [-0.05, 0) is 18.0 Å². The Balaban J connectivity index is 2.71. The van der Waals surface area contributed by atoms with Gasteiger partial charge in [0.25, 0.3) is 0 Å². The first-order chi connectivity index (χ1) is 7.13. The summed E-state index contributed by atoms with van der Waals surface area (Å²) in [6.07, 6.45) is 0.639. The molecule has 0 aliphatic carbocycles. The van der Waals surface area contributed by atoms with E-state index in [2.05, 4.69) is 20.3 Å². The molecule has 0 atom stereocenters. The zero-order chi connectivity index (χ0) is 11.3. The van der Waals surface area contributed by atoms with Crippen LogP contribution in [0.1, 0.15) is 6.42 Å². The summed E-state index contributed by atoms with van der Waals surface area (Å²) in [6.45, 7) is 0.732. The van der Waals surface area contributed by atoms with Crippen LogP contribution in [0, 0.1) is 0 Å². The van der Waals surface area contributed by atoms with E-state index in [-0.39, 0.29) is 11.9 Å². The summed E-state index contributed by atoms with van der Waals surface area (Å²) in [6, 6.07) is 0. The van der Waals surface area contributed by atoms with Crippen molar-refractivity contribution in [2.24, 2.45) is 0 Å². The third kappa shape index (κ3) is 3.85. The van der Waals surface area contributed by atoms with Crippen LogP contribution in [0.2, 0.25) is 5.28 Å². The molecule has 0 aromatic carbocycles. The van der Waals surface area contributed by atoms with Gasteiger partial charge in [0, 0.05) is 27.2 Å². The minimum absolute atomic E-state index is 0.131. The third-order valence-corrected chi connectivity index (χ3v) is 1.78. The number of nitrogens with zero attached hydrogens (tertiary/aromatic N) is 4. The van der Waals surface area contributed by atoms with Crippen LogP contribution in [-0.4, -0.2) is 47.3 Å². The standard InChI is InChI=1S/C8H14ClN5O/c1-14(2)8-12-6(9)11-7(13-8)10-4-3-5-15/h15H,3-5H2,1-2H3,(H,10,11,12,13). The van der Waals surface area contributed by atoms with Crippen LogP contribution < -0.4 is 10.2 Å². The molecule has 2 N–H and O–H groups in total. The molecule has 0 amide bonds. The molecule has 0 fully saturated rings. The lowest BCUT2D eigenvalue weighted by Gasteiger charge is -2.11. The molecular formula is C8H14ClN5O. The number of hydrogen-bond donors (Lipinski definition) is 2. The lowest BCUT2D eigenvalue weighted by atomic mass is 10.4. The monoisotopic (exact) mass is 231 g/mol. The number of halogens is 1. The Hall–Kier alpha value is -1.14. The summed E-state index contributed by atoms with van der Waals surface area (Å²) >= 11 is 5.73. The zero-order valence-corrected chi connectivity index (χ0v) is 9.49. The van der Waals surface area contributed by atoms with E-state index in [0.29, 0.717) is 24.9 Å². The number of aromatic nitrogens is 3. The molecule has 0 aliphatic rings. The smallest absolute Gasteiger partial charge is 0.230 e. The fraction of sp³-hybridized carbons (Fsp3) is 0.625. The molecule has 7 heteroatoms. The van der Waals surface area contributed by atoms with Gasteiger partial charge in [0.1, 0.15) is 0 Å². The largest absolute Gasteiger partial charge is 0.396 e. The Bertz CT molecular complexity index is 320. The normalized spacial score (nSPS) is 10.1. The summed E-state index contributed by atoms with van der Waals surface area (Å²) in [5, 5.41) is 11.7. The first-order valence-corrected chi connectivity index (χ1v) is 4.95. The van der Waals surface area contributed by atoms with Gasteiger partial charge in [-0.1, -0.05) is 0 Å². The van der Waals surface area contributed by atoms with Crippen molar-refractivity contribution in [1.29, 1.82) is 0 Å². The Morgan fingerprint density at radius 2 is 2.07 bits per heavy atom. The maximum absolute atomic E-state index is 8.61. The van der Waals surface area contributed by atoms with Gasteiger partial charge >= 0.3 is 0 Å². The highest BCUT2D eigenvalue weighted by atomic mass is 35.5. The second-order valence-corrected chi connectivity index (χ2v) is 3.46. The van der Waals surface area contributed by atoms with Crippen LogP contribution in [-0.2, 0) is 0 Å². The quantitative estimate of drug-likeness (QED) is 0.714. The molecule has 0 bridgehead atoms. The van der Waals surface area contributed by atoms with Gasteiger partial charge < -0.3 is 15.3 Å². The summed E-state index contributed by atoms with van der Waals surface area (Å²) < 4.78 is 0. The highest BCUT2D eigenvalue weighted by Gasteiger charge is 2.05. The molecule has 84 valence electrons. The van der Waals surface area contributed by atoms with Crippen molar-refractivity contribution in [3.8, 4) is 0 Å². The molecule has 1 aromatic rings. The molecule has 1 rings (SSSR count). The molecule has 0 radical (unpaired) electrons. The second kappa shape index (κ2) is 5.67. The van der Waals surface area contributed by atoms with Gasteiger partial charge in [-0.2, -0.15) is 15.0 Å². The topological polar surface area (TPSA) is 74.2 Å².